The second kappa shape index (κ2) is 5.21. The van der Waals surface area contributed by atoms with Crippen molar-refractivity contribution >= 4 is 16.9 Å². The van der Waals surface area contributed by atoms with Crippen molar-refractivity contribution in [2.45, 2.75) is 6.92 Å². The molecule has 1 aromatic heterocycles. The number of nitrogens with one attached hydrogen (secondary N) is 1. The van der Waals surface area contributed by atoms with Gasteiger partial charge in [0.15, 0.2) is 0 Å². The molecular formula is C17H15NO2. The summed E-state index contributed by atoms with van der Waals surface area (Å²) in [7, 11) is 0. The number of hydrogen-bond acceptors (Lipinski definition) is 2. The minimum atomic E-state index is -0.283. The third kappa shape index (κ3) is 2.18. The fourth-order valence-corrected chi connectivity index (χ4v) is 2.34. The van der Waals surface area contributed by atoms with Crippen LogP contribution in [0.4, 0.5) is 0 Å². The maximum absolute atomic E-state index is 11.8. The Bertz CT molecular complexity index is 758. The zero-order valence-electron chi connectivity index (χ0n) is 11.2. The quantitative estimate of drug-likeness (QED) is 0.727. The number of para-hydroxylation sites is 1. The zero-order chi connectivity index (χ0) is 13.9. The summed E-state index contributed by atoms with van der Waals surface area (Å²) >= 11 is 0. The molecule has 3 rings (SSSR count). The minimum absolute atomic E-state index is 0.283. The monoisotopic (exact) mass is 265 g/mol. The Morgan fingerprint density at radius 2 is 2.00 bits per heavy atom. The molecule has 0 spiro atoms. The van der Waals surface area contributed by atoms with Crippen LogP contribution >= 0.6 is 0 Å². The number of benzene rings is 2. The van der Waals surface area contributed by atoms with Gasteiger partial charge in [-0.3, -0.25) is 0 Å². The van der Waals surface area contributed by atoms with Crippen LogP contribution in [0, 0.1) is 0 Å². The lowest BCUT2D eigenvalue weighted by molar-refractivity contribution is 0.0526. The lowest BCUT2D eigenvalue weighted by Gasteiger charge is -2.04. The van der Waals surface area contributed by atoms with E-state index in [1.807, 2.05) is 42.6 Å². The van der Waals surface area contributed by atoms with Crippen molar-refractivity contribution in [2.24, 2.45) is 0 Å². The molecule has 0 bridgehead atoms. The molecule has 1 heterocycles. The van der Waals surface area contributed by atoms with Crippen molar-refractivity contribution in [2.75, 3.05) is 6.61 Å². The first-order valence-corrected chi connectivity index (χ1v) is 6.63. The molecule has 20 heavy (non-hydrogen) atoms. The van der Waals surface area contributed by atoms with Gasteiger partial charge in [0.1, 0.15) is 0 Å². The summed E-state index contributed by atoms with van der Waals surface area (Å²) < 4.78 is 5.04. The normalized spacial score (nSPS) is 10.7. The van der Waals surface area contributed by atoms with E-state index in [0.717, 1.165) is 22.0 Å². The van der Waals surface area contributed by atoms with Gasteiger partial charge in [-0.2, -0.15) is 0 Å². The molecule has 0 aliphatic carbocycles. The highest BCUT2D eigenvalue weighted by Crippen LogP contribution is 2.28. The molecule has 0 atom stereocenters. The Hall–Kier alpha value is -2.55. The second-order valence-corrected chi connectivity index (χ2v) is 4.55. The van der Waals surface area contributed by atoms with Crippen molar-refractivity contribution in [3.8, 4) is 11.1 Å². The van der Waals surface area contributed by atoms with Gasteiger partial charge in [-0.15, -0.1) is 0 Å². The number of carbonyl (C=O) groups is 1. The molecule has 0 saturated heterocycles. The maximum Gasteiger partial charge on any atom is 0.338 e. The minimum Gasteiger partial charge on any atom is -0.462 e. The highest BCUT2D eigenvalue weighted by Gasteiger charge is 2.10. The van der Waals surface area contributed by atoms with E-state index in [2.05, 4.69) is 11.1 Å². The molecule has 3 aromatic rings. The molecule has 1 N–H and O–H groups in total. The smallest absolute Gasteiger partial charge is 0.338 e. The largest absolute Gasteiger partial charge is 0.462 e. The van der Waals surface area contributed by atoms with E-state index in [4.69, 9.17) is 4.74 Å². The van der Waals surface area contributed by atoms with E-state index in [-0.39, 0.29) is 5.97 Å². The van der Waals surface area contributed by atoms with E-state index >= 15 is 0 Å². The molecule has 100 valence electrons. The van der Waals surface area contributed by atoms with E-state index in [9.17, 15) is 4.79 Å². The van der Waals surface area contributed by atoms with Crippen LogP contribution in [0.2, 0.25) is 0 Å². The second-order valence-electron chi connectivity index (χ2n) is 4.55. The maximum atomic E-state index is 11.8. The summed E-state index contributed by atoms with van der Waals surface area (Å²) in [4.78, 5) is 15.0. The first-order chi connectivity index (χ1) is 9.79. The van der Waals surface area contributed by atoms with Gasteiger partial charge in [0.05, 0.1) is 12.2 Å². The van der Waals surface area contributed by atoms with Gasteiger partial charge in [-0.05, 0) is 30.7 Å². The molecule has 0 aliphatic heterocycles. The highest BCUT2D eigenvalue weighted by atomic mass is 16.5. The van der Waals surface area contributed by atoms with Crippen LogP contribution in [0.25, 0.3) is 22.0 Å². The highest BCUT2D eigenvalue weighted by molar-refractivity contribution is 5.97. The molecule has 3 heteroatoms. The molecule has 0 radical (unpaired) electrons. The van der Waals surface area contributed by atoms with Crippen LogP contribution in [-0.4, -0.2) is 17.6 Å². The number of aromatic amines is 1. The fourth-order valence-electron chi connectivity index (χ4n) is 2.34. The van der Waals surface area contributed by atoms with E-state index in [1.54, 1.807) is 13.0 Å². The van der Waals surface area contributed by atoms with Gasteiger partial charge in [-0.1, -0.05) is 30.3 Å². The standard InChI is InChI=1S/C17H15NO2/c1-2-20-17(19)13-7-5-6-12(10-13)15-11-18-16-9-4-3-8-14(15)16/h3-11,18H,2H2,1H3. The number of ether oxygens (including phenoxy) is 1. The van der Waals surface area contributed by atoms with E-state index < -0.39 is 0 Å². The SMILES string of the molecule is CCOC(=O)c1cccc(-c2c[nH]c3ccccc23)c1. The first-order valence-electron chi connectivity index (χ1n) is 6.63. The predicted molar refractivity (Wildman–Crippen MR) is 79.7 cm³/mol. The molecule has 0 aliphatic rings. The number of rotatable bonds is 3. The van der Waals surface area contributed by atoms with Crippen molar-refractivity contribution < 1.29 is 9.53 Å². The van der Waals surface area contributed by atoms with E-state index in [0.29, 0.717) is 12.2 Å². The van der Waals surface area contributed by atoms with Crippen LogP contribution < -0.4 is 0 Å². The van der Waals surface area contributed by atoms with E-state index in [1.165, 1.54) is 0 Å². The van der Waals surface area contributed by atoms with Crippen molar-refractivity contribution in [1.29, 1.82) is 0 Å². The Kier molecular flexibility index (Phi) is 3.25. The van der Waals surface area contributed by atoms with Gasteiger partial charge < -0.3 is 9.72 Å². The Morgan fingerprint density at radius 1 is 1.15 bits per heavy atom. The van der Waals surface area contributed by atoms with Crippen molar-refractivity contribution in [3.05, 3.63) is 60.3 Å². The lowest BCUT2D eigenvalue weighted by atomic mass is 10.0. The lowest BCUT2D eigenvalue weighted by Crippen LogP contribution is -2.04. The molecule has 3 nitrogen and oxygen atoms in total. The summed E-state index contributed by atoms with van der Waals surface area (Å²) in [5, 5.41) is 1.15. The summed E-state index contributed by atoms with van der Waals surface area (Å²) in [6.45, 7) is 2.19. The third-order valence-electron chi connectivity index (χ3n) is 3.27. The van der Waals surface area contributed by atoms with Crippen LogP contribution in [0.3, 0.4) is 0 Å². The molecule has 2 aromatic carbocycles. The predicted octanol–water partition coefficient (Wildman–Crippen LogP) is 4.01. The molecule has 0 saturated carbocycles. The number of carbonyl (C=O) groups excluding carboxylic acids is 1. The summed E-state index contributed by atoms with van der Waals surface area (Å²) in [6, 6.07) is 15.6. The zero-order valence-corrected chi connectivity index (χ0v) is 11.2. The summed E-state index contributed by atoms with van der Waals surface area (Å²) in [5.74, 6) is -0.283. The van der Waals surface area contributed by atoms with Crippen molar-refractivity contribution in [1.82, 2.24) is 4.98 Å². The Balaban J connectivity index is 2.06. The van der Waals surface area contributed by atoms with Gasteiger partial charge in [0.25, 0.3) is 0 Å². The number of esters is 1. The molecule has 0 amide bonds. The molecule has 0 fully saturated rings. The fraction of sp³-hybridized carbons (Fsp3) is 0.118. The average Bonchev–Trinajstić information content (AvgIpc) is 2.91. The third-order valence-corrected chi connectivity index (χ3v) is 3.27. The topological polar surface area (TPSA) is 42.1 Å². The van der Waals surface area contributed by atoms with Crippen LogP contribution in [0.5, 0.6) is 0 Å². The molecular weight excluding hydrogens is 250 g/mol. The first kappa shape index (κ1) is 12.5. The van der Waals surface area contributed by atoms with Crippen molar-refractivity contribution in [3.63, 3.8) is 0 Å². The number of hydrogen-bond donors (Lipinski definition) is 1. The molecule has 0 unspecified atom stereocenters. The number of fused-ring (bicyclic) bond motifs is 1. The summed E-state index contributed by atoms with van der Waals surface area (Å²) in [5.41, 5.74) is 3.76. The van der Waals surface area contributed by atoms with Gasteiger partial charge in [0.2, 0.25) is 0 Å². The van der Waals surface area contributed by atoms with Crippen LogP contribution in [0.1, 0.15) is 17.3 Å². The van der Waals surface area contributed by atoms with Gasteiger partial charge in [-0.25, -0.2) is 4.79 Å². The number of H-pyrrole nitrogens is 1. The van der Waals surface area contributed by atoms with Gasteiger partial charge >= 0.3 is 5.97 Å². The average molecular weight is 265 g/mol. The van der Waals surface area contributed by atoms with Gasteiger partial charge in [0, 0.05) is 22.7 Å². The Labute approximate surface area is 117 Å². The van der Waals surface area contributed by atoms with Crippen LogP contribution in [0.15, 0.2) is 54.7 Å². The summed E-state index contributed by atoms with van der Waals surface area (Å²) in [6.07, 6.45) is 1.97. The Morgan fingerprint density at radius 3 is 2.85 bits per heavy atom. The number of aromatic nitrogens is 1. The van der Waals surface area contributed by atoms with Crippen LogP contribution in [-0.2, 0) is 4.74 Å².